The lowest BCUT2D eigenvalue weighted by atomic mass is 10.1. The summed E-state index contributed by atoms with van der Waals surface area (Å²) in [5.41, 5.74) is 0.895. The summed E-state index contributed by atoms with van der Waals surface area (Å²) in [7, 11) is 0. The summed E-state index contributed by atoms with van der Waals surface area (Å²) in [5, 5.41) is 11.3. The molecule has 4 heteroatoms. The van der Waals surface area contributed by atoms with Crippen molar-refractivity contribution in [3.63, 3.8) is 0 Å². The smallest absolute Gasteiger partial charge is 0.228 e. The number of carbonyl (C=O) groups excluding carboxylic acids is 1. The molecule has 0 radical (unpaired) electrons. The van der Waals surface area contributed by atoms with Crippen LogP contribution in [0.2, 0.25) is 0 Å². The zero-order valence-electron chi connectivity index (χ0n) is 10.6. The summed E-state index contributed by atoms with van der Waals surface area (Å²) >= 11 is 0. The standard InChI is InChI=1S/C14H16N2O2/c1-14(2)9-12(14)13(17)16-10-3-5-11(6-4-10)18-8-7-15/h3-6,12H,8-9H2,1-2H3,(H,16,17). The minimum Gasteiger partial charge on any atom is -0.479 e. The number of anilines is 1. The largest absolute Gasteiger partial charge is 0.479 e. The number of nitrogens with zero attached hydrogens (tertiary/aromatic N) is 1. The van der Waals surface area contributed by atoms with Gasteiger partial charge in [0.05, 0.1) is 0 Å². The van der Waals surface area contributed by atoms with Crippen LogP contribution in [0, 0.1) is 22.7 Å². The molecule has 1 aliphatic carbocycles. The Morgan fingerprint density at radius 2 is 2.11 bits per heavy atom. The van der Waals surface area contributed by atoms with Crippen LogP contribution in [0.1, 0.15) is 20.3 Å². The lowest BCUT2D eigenvalue weighted by Crippen LogP contribution is -2.16. The lowest BCUT2D eigenvalue weighted by molar-refractivity contribution is -0.118. The second-order valence-corrected chi connectivity index (χ2v) is 5.21. The number of nitriles is 1. The fraction of sp³-hybridized carbons (Fsp3) is 0.429. The van der Waals surface area contributed by atoms with Crippen LogP contribution >= 0.6 is 0 Å². The second kappa shape index (κ2) is 4.69. The first kappa shape index (κ1) is 12.4. The third kappa shape index (κ3) is 2.80. The van der Waals surface area contributed by atoms with Crippen LogP contribution in [-0.2, 0) is 4.79 Å². The van der Waals surface area contributed by atoms with Gasteiger partial charge < -0.3 is 10.1 Å². The zero-order chi connectivity index (χ0) is 13.2. The molecule has 94 valence electrons. The highest BCUT2D eigenvalue weighted by atomic mass is 16.5. The van der Waals surface area contributed by atoms with Crippen LogP contribution in [0.3, 0.4) is 0 Å². The van der Waals surface area contributed by atoms with Crippen LogP contribution in [0.25, 0.3) is 0 Å². The molecule has 4 nitrogen and oxygen atoms in total. The molecule has 1 atom stereocenters. The van der Waals surface area contributed by atoms with Crippen LogP contribution in [0.5, 0.6) is 5.75 Å². The zero-order valence-corrected chi connectivity index (χ0v) is 10.6. The minimum atomic E-state index is 0.0297. The number of nitrogens with one attached hydrogen (secondary N) is 1. The Morgan fingerprint density at radius 3 is 2.61 bits per heavy atom. The molecule has 18 heavy (non-hydrogen) atoms. The number of rotatable bonds is 4. The number of hydrogen-bond donors (Lipinski definition) is 1. The average Bonchev–Trinajstić information content (AvgIpc) is 2.98. The summed E-state index contributed by atoms with van der Waals surface area (Å²) in [6.07, 6.45) is 0.947. The molecule has 0 saturated heterocycles. The van der Waals surface area contributed by atoms with Crippen molar-refractivity contribution in [3.8, 4) is 11.8 Å². The van der Waals surface area contributed by atoms with Crippen LogP contribution in [0.15, 0.2) is 24.3 Å². The lowest BCUT2D eigenvalue weighted by Gasteiger charge is -2.07. The molecule has 0 aromatic heterocycles. The average molecular weight is 244 g/mol. The van der Waals surface area contributed by atoms with Gasteiger partial charge in [0.25, 0.3) is 0 Å². The highest BCUT2D eigenvalue weighted by molar-refractivity contribution is 5.95. The Kier molecular flexibility index (Phi) is 3.24. The Labute approximate surface area is 107 Å². The second-order valence-electron chi connectivity index (χ2n) is 5.21. The molecule has 1 saturated carbocycles. The SMILES string of the molecule is CC1(C)CC1C(=O)Nc1ccc(OCC#N)cc1. The van der Waals surface area contributed by atoms with E-state index in [1.807, 2.05) is 6.07 Å². The molecule has 0 spiro atoms. The van der Waals surface area contributed by atoms with Gasteiger partial charge in [0.2, 0.25) is 5.91 Å². The maximum atomic E-state index is 11.9. The van der Waals surface area contributed by atoms with E-state index in [9.17, 15) is 4.79 Å². The van der Waals surface area contributed by atoms with Crippen molar-refractivity contribution in [2.75, 3.05) is 11.9 Å². The van der Waals surface area contributed by atoms with Gasteiger partial charge in [0.1, 0.15) is 11.8 Å². The first-order chi connectivity index (χ1) is 8.53. The molecule has 1 aromatic carbocycles. The molecule has 0 aliphatic heterocycles. The molecule has 2 rings (SSSR count). The van der Waals surface area contributed by atoms with Gasteiger partial charge in [0.15, 0.2) is 6.61 Å². The molecule has 1 amide bonds. The van der Waals surface area contributed by atoms with Crippen molar-refractivity contribution in [1.82, 2.24) is 0 Å². The molecule has 1 fully saturated rings. The van der Waals surface area contributed by atoms with Crippen molar-refractivity contribution in [1.29, 1.82) is 5.26 Å². The van der Waals surface area contributed by atoms with E-state index in [-0.39, 0.29) is 23.8 Å². The van der Waals surface area contributed by atoms with Crippen LogP contribution in [0.4, 0.5) is 5.69 Å². The quantitative estimate of drug-likeness (QED) is 0.885. The van der Waals surface area contributed by atoms with Crippen molar-refractivity contribution >= 4 is 11.6 Å². The Morgan fingerprint density at radius 1 is 1.50 bits per heavy atom. The maximum Gasteiger partial charge on any atom is 0.228 e. The molecular weight excluding hydrogens is 228 g/mol. The number of carbonyl (C=O) groups is 1. The van der Waals surface area contributed by atoms with E-state index in [1.54, 1.807) is 24.3 Å². The number of hydrogen-bond acceptors (Lipinski definition) is 3. The number of benzene rings is 1. The van der Waals surface area contributed by atoms with Gasteiger partial charge in [0, 0.05) is 11.6 Å². The van der Waals surface area contributed by atoms with Gasteiger partial charge in [-0.3, -0.25) is 4.79 Å². The van der Waals surface area contributed by atoms with E-state index in [1.165, 1.54) is 0 Å². The predicted molar refractivity (Wildman–Crippen MR) is 68.1 cm³/mol. The van der Waals surface area contributed by atoms with Gasteiger partial charge in [-0.05, 0) is 36.1 Å². The molecular formula is C14H16N2O2. The summed E-state index contributed by atoms with van der Waals surface area (Å²) in [6.45, 7) is 4.22. The Balaban J connectivity index is 1.91. The molecule has 1 unspecified atom stereocenters. The Hall–Kier alpha value is -2.02. The molecule has 1 N–H and O–H groups in total. The summed E-state index contributed by atoms with van der Waals surface area (Å²) < 4.78 is 5.13. The highest BCUT2D eigenvalue weighted by Crippen LogP contribution is 2.51. The van der Waals surface area contributed by atoms with E-state index in [0.717, 1.165) is 12.1 Å². The normalized spacial score (nSPS) is 19.7. The summed E-state index contributed by atoms with van der Waals surface area (Å²) in [6, 6.07) is 8.94. The third-order valence-corrected chi connectivity index (χ3v) is 3.26. The summed E-state index contributed by atoms with van der Waals surface area (Å²) in [5.74, 6) is 0.819. The first-order valence-corrected chi connectivity index (χ1v) is 5.93. The van der Waals surface area contributed by atoms with Gasteiger partial charge in [-0.2, -0.15) is 5.26 Å². The van der Waals surface area contributed by atoms with Crippen molar-refractivity contribution in [2.45, 2.75) is 20.3 Å². The van der Waals surface area contributed by atoms with Crippen molar-refractivity contribution in [2.24, 2.45) is 11.3 Å². The molecule has 1 aromatic rings. The van der Waals surface area contributed by atoms with Gasteiger partial charge >= 0.3 is 0 Å². The summed E-state index contributed by atoms with van der Waals surface area (Å²) in [4.78, 5) is 11.9. The topological polar surface area (TPSA) is 62.1 Å². The van der Waals surface area contributed by atoms with E-state index in [4.69, 9.17) is 10.00 Å². The third-order valence-electron chi connectivity index (χ3n) is 3.26. The fourth-order valence-electron chi connectivity index (χ4n) is 1.89. The Bertz CT molecular complexity index is 486. The molecule has 0 heterocycles. The molecule has 0 bridgehead atoms. The monoisotopic (exact) mass is 244 g/mol. The van der Waals surface area contributed by atoms with Gasteiger partial charge in [-0.25, -0.2) is 0 Å². The van der Waals surface area contributed by atoms with Crippen molar-refractivity contribution < 1.29 is 9.53 Å². The predicted octanol–water partition coefficient (Wildman–Crippen LogP) is 2.57. The van der Waals surface area contributed by atoms with Crippen molar-refractivity contribution in [3.05, 3.63) is 24.3 Å². The van der Waals surface area contributed by atoms with Crippen LogP contribution in [-0.4, -0.2) is 12.5 Å². The number of ether oxygens (including phenoxy) is 1. The van der Waals surface area contributed by atoms with Crippen LogP contribution < -0.4 is 10.1 Å². The van der Waals surface area contributed by atoms with E-state index >= 15 is 0 Å². The highest BCUT2D eigenvalue weighted by Gasteiger charge is 2.50. The molecule has 1 aliphatic rings. The van der Waals surface area contributed by atoms with Gasteiger partial charge in [-0.1, -0.05) is 13.8 Å². The maximum absolute atomic E-state index is 11.9. The minimum absolute atomic E-state index is 0.0297. The van der Waals surface area contributed by atoms with Gasteiger partial charge in [-0.15, -0.1) is 0 Å². The van der Waals surface area contributed by atoms with E-state index in [2.05, 4.69) is 19.2 Å². The number of amides is 1. The van der Waals surface area contributed by atoms with E-state index < -0.39 is 0 Å². The first-order valence-electron chi connectivity index (χ1n) is 5.93. The van der Waals surface area contributed by atoms with E-state index in [0.29, 0.717) is 5.75 Å². The fourth-order valence-corrected chi connectivity index (χ4v) is 1.89.